The van der Waals surface area contributed by atoms with Gasteiger partial charge >= 0.3 is 0 Å². The average molecular weight is 357 g/mol. The molecule has 0 saturated carbocycles. The van der Waals surface area contributed by atoms with Gasteiger partial charge in [0.15, 0.2) is 0 Å². The maximum atomic E-state index is 13.5. The molecule has 0 unspecified atom stereocenters. The third-order valence-corrected chi connectivity index (χ3v) is 4.67. The van der Waals surface area contributed by atoms with Crippen LogP contribution in [0.5, 0.6) is 0 Å². The summed E-state index contributed by atoms with van der Waals surface area (Å²) in [5.74, 6) is -0.468. The van der Waals surface area contributed by atoms with Crippen LogP contribution in [0.2, 0.25) is 0 Å². The molecule has 1 aliphatic rings. The zero-order valence-corrected chi connectivity index (χ0v) is 14.9. The van der Waals surface area contributed by atoms with Crippen molar-refractivity contribution in [2.24, 2.45) is 0 Å². The molecule has 1 saturated heterocycles. The summed E-state index contributed by atoms with van der Waals surface area (Å²) in [7, 11) is 0. The number of Topliss-reactive ketones (excluding diaryl/α,β-unsaturated/α-hetero) is 1. The number of ketones is 1. The van der Waals surface area contributed by atoms with E-state index < -0.39 is 0 Å². The van der Waals surface area contributed by atoms with Gasteiger partial charge in [-0.1, -0.05) is 13.0 Å². The average Bonchev–Trinajstić information content (AvgIpc) is 3.06. The van der Waals surface area contributed by atoms with Crippen molar-refractivity contribution < 1.29 is 14.0 Å². The Kier molecular flexibility index (Phi) is 5.83. The fraction of sp³-hybridized carbons (Fsp3) is 0.400. The number of piperidine rings is 1. The molecule has 1 amide bonds. The first-order chi connectivity index (χ1) is 12.6. The molecule has 2 N–H and O–H groups in total. The van der Waals surface area contributed by atoms with Crippen molar-refractivity contribution in [1.82, 2.24) is 15.2 Å². The van der Waals surface area contributed by atoms with Gasteiger partial charge in [0.05, 0.1) is 5.56 Å². The Morgan fingerprint density at radius 1 is 1.35 bits per heavy atom. The molecule has 1 aromatic carbocycles. The minimum Gasteiger partial charge on any atom is -0.348 e. The molecule has 0 radical (unpaired) electrons. The smallest absolute Gasteiger partial charge is 0.253 e. The summed E-state index contributed by atoms with van der Waals surface area (Å²) in [4.78, 5) is 24.7. The summed E-state index contributed by atoms with van der Waals surface area (Å²) in [6.07, 6.45) is 6.00. The lowest BCUT2D eigenvalue weighted by Gasteiger charge is -2.23. The first-order valence-corrected chi connectivity index (χ1v) is 9.07. The monoisotopic (exact) mass is 357 g/mol. The van der Waals surface area contributed by atoms with Gasteiger partial charge in [0, 0.05) is 43.5 Å². The number of hydrogen-bond donors (Lipinski definition) is 2. The first-order valence-electron chi connectivity index (χ1n) is 9.07. The highest BCUT2D eigenvalue weighted by molar-refractivity contribution is 5.97. The van der Waals surface area contributed by atoms with Gasteiger partial charge in [-0.05, 0) is 43.1 Å². The Morgan fingerprint density at radius 3 is 2.88 bits per heavy atom. The minimum absolute atomic E-state index is 0.0652. The second kappa shape index (κ2) is 8.27. The van der Waals surface area contributed by atoms with Gasteiger partial charge in [-0.2, -0.15) is 0 Å². The van der Waals surface area contributed by atoms with Gasteiger partial charge in [-0.25, -0.2) is 4.39 Å². The van der Waals surface area contributed by atoms with E-state index in [0.29, 0.717) is 23.2 Å². The van der Waals surface area contributed by atoms with E-state index in [1.807, 2.05) is 0 Å². The van der Waals surface area contributed by atoms with Gasteiger partial charge in [-0.15, -0.1) is 0 Å². The topological polar surface area (TPSA) is 63.1 Å². The lowest BCUT2D eigenvalue weighted by atomic mass is 10.0. The molecule has 0 aliphatic carbocycles. The number of hydrogen-bond acceptors (Lipinski definition) is 3. The predicted molar refractivity (Wildman–Crippen MR) is 98.1 cm³/mol. The number of nitrogens with zero attached hydrogens (tertiary/aromatic N) is 1. The van der Waals surface area contributed by atoms with Gasteiger partial charge in [-0.3, -0.25) is 9.59 Å². The lowest BCUT2D eigenvalue weighted by Crippen LogP contribution is -2.45. The largest absolute Gasteiger partial charge is 0.348 e. The van der Waals surface area contributed by atoms with Crippen LogP contribution in [0.15, 0.2) is 36.7 Å². The molecule has 5 nitrogen and oxygen atoms in total. The van der Waals surface area contributed by atoms with Gasteiger partial charge in [0.1, 0.15) is 11.6 Å². The van der Waals surface area contributed by atoms with Crippen molar-refractivity contribution in [1.29, 1.82) is 0 Å². The third-order valence-electron chi connectivity index (χ3n) is 4.67. The van der Waals surface area contributed by atoms with Crippen LogP contribution < -0.4 is 10.6 Å². The van der Waals surface area contributed by atoms with Crippen LogP contribution >= 0.6 is 0 Å². The number of halogens is 1. The Hall–Kier alpha value is -2.47. The minimum atomic E-state index is -0.346. The molecule has 0 bridgehead atoms. The van der Waals surface area contributed by atoms with Gasteiger partial charge < -0.3 is 15.2 Å². The summed E-state index contributed by atoms with van der Waals surface area (Å²) in [6, 6.07) is 6.25. The fourth-order valence-electron chi connectivity index (χ4n) is 3.20. The second-order valence-electron chi connectivity index (χ2n) is 6.67. The Balaban J connectivity index is 1.88. The molecular weight excluding hydrogens is 333 g/mol. The van der Waals surface area contributed by atoms with Crippen LogP contribution in [0.25, 0.3) is 5.69 Å². The summed E-state index contributed by atoms with van der Waals surface area (Å²) in [5.41, 5.74) is 1.76. The van der Waals surface area contributed by atoms with Crippen molar-refractivity contribution in [2.45, 2.75) is 38.6 Å². The molecule has 1 fully saturated rings. The zero-order valence-electron chi connectivity index (χ0n) is 14.9. The molecule has 26 heavy (non-hydrogen) atoms. The van der Waals surface area contributed by atoms with Gasteiger partial charge in [0.25, 0.3) is 5.91 Å². The highest BCUT2D eigenvalue weighted by Crippen LogP contribution is 2.19. The van der Waals surface area contributed by atoms with Crippen molar-refractivity contribution in [2.75, 3.05) is 13.1 Å². The third kappa shape index (κ3) is 4.38. The molecule has 1 aromatic heterocycles. The fourth-order valence-corrected chi connectivity index (χ4v) is 3.20. The van der Waals surface area contributed by atoms with Gasteiger partial charge in [0.2, 0.25) is 0 Å². The quantitative estimate of drug-likeness (QED) is 0.835. The molecule has 1 atom stereocenters. The van der Waals surface area contributed by atoms with E-state index in [-0.39, 0.29) is 30.0 Å². The van der Waals surface area contributed by atoms with E-state index in [2.05, 4.69) is 10.6 Å². The zero-order chi connectivity index (χ0) is 18.5. The first kappa shape index (κ1) is 18.3. The van der Waals surface area contributed by atoms with Crippen LogP contribution in [-0.2, 0) is 11.2 Å². The van der Waals surface area contributed by atoms with E-state index >= 15 is 0 Å². The van der Waals surface area contributed by atoms with Crippen LogP contribution in [-0.4, -0.2) is 35.4 Å². The molecular formula is C20H24FN3O2. The molecule has 1 aliphatic heterocycles. The number of amides is 1. The standard InChI is InChI=1S/C20H24FN3O2/c1-2-18(25)9-14-12-24(17-7-3-5-15(21)10-17)13-19(14)20(26)23-16-6-4-8-22-11-16/h3,5,7,10,12-13,16,22H,2,4,6,8-9,11H2,1H3,(H,23,26)/t16-/m0/s1. The molecule has 2 heterocycles. The SMILES string of the molecule is CCC(=O)Cc1cn(-c2cccc(F)c2)cc1C(=O)N[C@H]1CCCNC1. The van der Waals surface area contributed by atoms with Crippen molar-refractivity contribution >= 4 is 11.7 Å². The normalized spacial score (nSPS) is 17.1. The van der Waals surface area contributed by atoms with Crippen LogP contribution in [0.3, 0.4) is 0 Å². The number of rotatable bonds is 6. The Bertz CT molecular complexity index is 794. The maximum absolute atomic E-state index is 13.5. The number of carbonyl (C=O) groups is 2. The summed E-state index contributed by atoms with van der Waals surface area (Å²) < 4.78 is 15.2. The van der Waals surface area contributed by atoms with E-state index in [0.717, 1.165) is 25.9 Å². The number of aromatic nitrogens is 1. The molecule has 2 aromatic rings. The lowest BCUT2D eigenvalue weighted by molar-refractivity contribution is -0.118. The molecule has 3 rings (SSSR count). The van der Waals surface area contributed by atoms with Crippen LogP contribution in [0.1, 0.15) is 42.1 Å². The van der Waals surface area contributed by atoms with Crippen molar-refractivity contribution in [3.63, 3.8) is 0 Å². The summed E-state index contributed by atoms with van der Waals surface area (Å²) in [6.45, 7) is 3.53. The van der Waals surface area contributed by atoms with E-state index in [9.17, 15) is 14.0 Å². The van der Waals surface area contributed by atoms with E-state index in [1.54, 1.807) is 36.0 Å². The van der Waals surface area contributed by atoms with Crippen molar-refractivity contribution in [3.05, 3.63) is 53.6 Å². The number of benzene rings is 1. The van der Waals surface area contributed by atoms with Crippen LogP contribution in [0.4, 0.5) is 4.39 Å². The maximum Gasteiger partial charge on any atom is 0.253 e. The summed E-state index contributed by atoms with van der Waals surface area (Å²) in [5, 5.41) is 6.31. The van der Waals surface area contributed by atoms with Crippen molar-refractivity contribution in [3.8, 4) is 5.69 Å². The van der Waals surface area contributed by atoms with E-state index in [1.165, 1.54) is 12.1 Å². The van der Waals surface area contributed by atoms with Crippen LogP contribution in [0, 0.1) is 5.82 Å². The molecule has 0 spiro atoms. The molecule has 6 heteroatoms. The second-order valence-corrected chi connectivity index (χ2v) is 6.67. The summed E-state index contributed by atoms with van der Waals surface area (Å²) >= 11 is 0. The molecule has 138 valence electrons. The Labute approximate surface area is 152 Å². The Morgan fingerprint density at radius 2 is 2.19 bits per heavy atom. The highest BCUT2D eigenvalue weighted by atomic mass is 19.1. The predicted octanol–water partition coefficient (Wildman–Crippen LogP) is 2.62. The van der Waals surface area contributed by atoms with E-state index in [4.69, 9.17) is 0 Å². The number of carbonyl (C=O) groups excluding carboxylic acids is 2. The highest BCUT2D eigenvalue weighted by Gasteiger charge is 2.21. The number of nitrogens with one attached hydrogen (secondary N) is 2.